The molecule has 0 saturated carbocycles. The maximum Gasteiger partial charge on any atom is 0.416 e. The lowest BCUT2D eigenvalue weighted by Crippen LogP contribution is -2.30. The van der Waals surface area contributed by atoms with Gasteiger partial charge in [0.15, 0.2) is 0 Å². The van der Waals surface area contributed by atoms with E-state index in [-0.39, 0.29) is 0 Å². The van der Waals surface area contributed by atoms with E-state index in [9.17, 15) is 13.2 Å². The van der Waals surface area contributed by atoms with Gasteiger partial charge in [0.2, 0.25) is 0 Å². The molecule has 0 radical (unpaired) electrons. The van der Waals surface area contributed by atoms with Crippen molar-refractivity contribution in [3.63, 3.8) is 0 Å². The van der Waals surface area contributed by atoms with Crippen LogP contribution in [0, 0.1) is 0 Å². The molecule has 0 aromatic heterocycles. The molecular formula is C28H28F3N. The Morgan fingerprint density at radius 1 is 0.875 bits per heavy atom. The highest BCUT2D eigenvalue weighted by molar-refractivity contribution is 5.87. The Morgan fingerprint density at radius 2 is 1.75 bits per heavy atom. The van der Waals surface area contributed by atoms with Gasteiger partial charge < -0.3 is 0 Å². The van der Waals surface area contributed by atoms with Gasteiger partial charge in [-0.3, -0.25) is 4.90 Å². The summed E-state index contributed by atoms with van der Waals surface area (Å²) >= 11 is 0. The van der Waals surface area contributed by atoms with Crippen molar-refractivity contribution in [2.75, 3.05) is 19.6 Å². The van der Waals surface area contributed by atoms with Crippen molar-refractivity contribution in [3.05, 3.63) is 88.5 Å². The lowest BCUT2D eigenvalue weighted by atomic mass is 9.87. The van der Waals surface area contributed by atoms with Crippen molar-refractivity contribution in [2.24, 2.45) is 0 Å². The molecule has 0 fully saturated rings. The van der Waals surface area contributed by atoms with Crippen molar-refractivity contribution in [1.29, 1.82) is 0 Å². The molecule has 3 aromatic rings. The molecule has 3 aromatic carbocycles. The molecule has 1 aliphatic carbocycles. The number of hydrogen-bond acceptors (Lipinski definition) is 1. The third-order valence-electron chi connectivity index (χ3n) is 6.99. The molecule has 0 bridgehead atoms. The van der Waals surface area contributed by atoms with Crippen molar-refractivity contribution >= 4 is 16.3 Å². The van der Waals surface area contributed by atoms with E-state index >= 15 is 0 Å². The average Bonchev–Trinajstić information content (AvgIpc) is 2.82. The molecule has 1 nitrogen and oxygen atoms in total. The van der Waals surface area contributed by atoms with E-state index in [0.717, 1.165) is 44.1 Å². The zero-order valence-corrected chi connectivity index (χ0v) is 18.2. The van der Waals surface area contributed by atoms with Crippen LogP contribution in [-0.4, -0.2) is 24.5 Å². The molecule has 0 spiro atoms. The summed E-state index contributed by atoms with van der Waals surface area (Å²) in [6, 6.07) is 17.2. The van der Waals surface area contributed by atoms with Crippen molar-refractivity contribution in [3.8, 4) is 0 Å². The lowest BCUT2D eigenvalue weighted by Gasteiger charge is -2.27. The first-order valence-electron chi connectivity index (χ1n) is 11.6. The van der Waals surface area contributed by atoms with Crippen molar-refractivity contribution in [2.45, 2.75) is 44.7 Å². The largest absolute Gasteiger partial charge is 0.416 e. The van der Waals surface area contributed by atoms with Gasteiger partial charge in [-0.1, -0.05) is 48.5 Å². The molecule has 0 saturated heterocycles. The van der Waals surface area contributed by atoms with Crippen LogP contribution in [0.1, 0.15) is 47.1 Å². The molecule has 4 heteroatoms. The van der Waals surface area contributed by atoms with E-state index in [1.54, 1.807) is 11.6 Å². The second-order valence-electron chi connectivity index (χ2n) is 9.07. The zero-order chi connectivity index (χ0) is 22.1. The first kappa shape index (κ1) is 21.3. The van der Waals surface area contributed by atoms with E-state index in [1.165, 1.54) is 59.7 Å². The molecule has 0 unspecified atom stereocenters. The van der Waals surface area contributed by atoms with Crippen LogP contribution < -0.4 is 0 Å². The van der Waals surface area contributed by atoms with Crippen LogP contribution in [-0.2, 0) is 25.4 Å². The van der Waals surface area contributed by atoms with Crippen molar-refractivity contribution in [1.82, 2.24) is 4.90 Å². The molecule has 0 atom stereocenters. The minimum absolute atomic E-state index is 0.573. The summed E-state index contributed by atoms with van der Waals surface area (Å²) in [7, 11) is 0. The number of rotatable bonds is 4. The first-order chi connectivity index (χ1) is 15.5. The van der Waals surface area contributed by atoms with Crippen LogP contribution in [0.5, 0.6) is 0 Å². The Kier molecular flexibility index (Phi) is 5.81. The van der Waals surface area contributed by atoms with Gasteiger partial charge in [-0.15, -0.1) is 0 Å². The van der Waals surface area contributed by atoms with E-state index in [4.69, 9.17) is 0 Å². The number of alkyl halides is 3. The number of fused-ring (bicyclic) bond motifs is 3. The highest BCUT2D eigenvalue weighted by Crippen LogP contribution is 2.33. The third-order valence-corrected chi connectivity index (χ3v) is 6.99. The van der Waals surface area contributed by atoms with Crippen LogP contribution in [0.15, 0.2) is 60.7 Å². The lowest BCUT2D eigenvalue weighted by molar-refractivity contribution is -0.137. The van der Waals surface area contributed by atoms with Crippen LogP contribution in [0.2, 0.25) is 0 Å². The summed E-state index contributed by atoms with van der Waals surface area (Å²) < 4.78 is 39.0. The summed E-state index contributed by atoms with van der Waals surface area (Å²) in [5.74, 6) is 0. The fraction of sp³-hybridized carbons (Fsp3) is 0.357. The quantitative estimate of drug-likeness (QED) is 0.424. The molecule has 1 aliphatic heterocycles. The van der Waals surface area contributed by atoms with Gasteiger partial charge in [0.1, 0.15) is 0 Å². The summed E-state index contributed by atoms with van der Waals surface area (Å²) in [4.78, 5) is 2.38. The Morgan fingerprint density at radius 3 is 2.56 bits per heavy atom. The monoisotopic (exact) mass is 435 g/mol. The minimum atomic E-state index is -4.30. The Hall–Kier alpha value is -2.59. The van der Waals surface area contributed by atoms with E-state index in [2.05, 4.69) is 41.3 Å². The molecule has 2 aliphatic rings. The van der Waals surface area contributed by atoms with Gasteiger partial charge in [-0.2, -0.15) is 13.2 Å². The number of aryl methyl sites for hydroxylation is 2. The maximum absolute atomic E-state index is 13.0. The van der Waals surface area contributed by atoms with Crippen LogP contribution in [0.4, 0.5) is 13.2 Å². The Balaban J connectivity index is 1.23. The number of nitrogens with zero attached hydrogens (tertiary/aromatic N) is 1. The Bertz CT molecular complexity index is 1160. The highest BCUT2D eigenvalue weighted by atomic mass is 19.4. The molecule has 1 heterocycles. The van der Waals surface area contributed by atoms with Crippen molar-refractivity contribution < 1.29 is 13.2 Å². The average molecular weight is 436 g/mol. The third kappa shape index (κ3) is 4.47. The van der Waals surface area contributed by atoms with Gasteiger partial charge in [-0.25, -0.2) is 0 Å². The fourth-order valence-electron chi connectivity index (χ4n) is 5.15. The number of hydrogen-bond donors (Lipinski definition) is 0. The topological polar surface area (TPSA) is 3.24 Å². The first-order valence-corrected chi connectivity index (χ1v) is 11.6. The summed E-state index contributed by atoms with van der Waals surface area (Å²) in [5.41, 5.74) is 5.55. The van der Waals surface area contributed by atoms with Gasteiger partial charge in [0.05, 0.1) is 5.56 Å². The number of halogens is 3. The molecule has 166 valence electrons. The van der Waals surface area contributed by atoms with Gasteiger partial charge in [-0.05, 0) is 89.3 Å². The molecular weight excluding hydrogens is 407 g/mol. The van der Waals surface area contributed by atoms with Gasteiger partial charge >= 0.3 is 6.18 Å². The van der Waals surface area contributed by atoms with Crippen LogP contribution >= 0.6 is 0 Å². The number of benzene rings is 3. The normalized spacial score (nSPS) is 17.3. The Labute approximate surface area is 187 Å². The minimum Gasteiger partial charge on any atom is -0.299 e. The summed E-state index contributed by atoms with van der Waals surface area (Å²) in [6.07, 6.45) is 4.56. The summed E-state index contributed by atoms with van der Waals surface area (Å²) in [5, 5.41) is 2.76. The zero-order valence-electron chi connectivity index (χ0n) is 18.2. The van der Waals surface area contributed by atoms with Crippen LogP contribution in [0.25, 0.3) is 16.3 Å². The molecule has 0 amide bonds. The van der Waals surface area contributed by atoms with E-state index in [1.807, 2.05) is 0 Å². The predicted molar refractivity (Wildman–Crippen MR) is 125 cm³/mol. The van der Waals surface area contributed by atoms with E-state index in [0.29, 0.717) is 5.56 Å². The standard InChI is InChI=1S/C28H28F3N/c29-28(30,31)25-6-3-5-23(19-25)21-13-16-32(17-14-21)15-12-20-8-11-27-24(18-20)10-9-22-4-1-2-7-26(22)27/h3,5-6,8-11,13,18-19H,1-2,4,7,12,14-17H2. The fourth-order valence-corrected chi connectivity index (χ4v) is 5.15. The smallest absolute Gasteiger partial charge is 0.299 e. The van der Waals surface area contributed by atoms with E-state index < -0.39 is 11.7 Å². The predicted octanol–water partition coefficient (Wildman–Crippen LogP) is 7.07. The maximum atomic E-state index is 13.0. The second-order valence-corrected chi connectivity index (χ2v) is 9.07. The SMILES string of the molecule is FC(F)(F)c1cccc(C2=CCN(CCc3ccc4c5c(ccc4c3)CCCC5)CC2)c1. The molecule has 0 N–H and O–H groups in total. The van der Waals surface area contributed by atoms with Crippen LogP contribution in [0.3, 0.4) is 0 Å². The molecule has 5 rings (SSSR count). The second kappa shape index (κ2) is 8.74. The summed E-state index contributed by atoms with van der Waals surface area (Å²) in [6.45, 7) is 2.62. The van der Waals surface area contributed by atoms with Gasteiger partial charge in [0.25, 0.3) is 0 Å². The highest BCUT2D eigenvalue weighted by Gasteiger charge is 2.30. The molecule has 32 heavy (non-hydrogen) atoms. The van der Waals surface area contributed by atoms with Gasteiger partial charge in [0, 0.05) is 19.6 Å².